The summed E-state index contributed by atoms with van der Waals surface area (Å²) in [5.41, 5.74) is 3.17. The molecule has 1 atom stereocenters. The summed E-state index contributed by atoms with van der Waals surface area (Å²) in [6.07, 6.45) is 0. The molecule has 0 spiro atoms. The van der Waals surface area contributed by atoms with Crippen molar-refractivity contribution in [2.45, 2.75) is 26.4 Å². The molecule has 2 aromatic rings. The second-order valence-electron chi connectivity index (χ2n) is 6.53. The molecular weight excluding hydrogens is 390 g/mol. The van der Waals surface area contributed by atoms with Crippen molar-refractivity contribution in [2.24, 2.45) is 4.99 Å². The van der Waals surface area contributed by atoms with Gasteiger partial charge in [0.2, 0.25) is 0 Å². The maximum absolute atomic E-state index is 12.6. The molecule has 1 aliphatic heterocycles. The van der Waals surface area contributed by atoms with Crippen molar-refractivity contribution in [3.63, 3.8) is 0 Å². The second kappa shape index (κ2) is 9.47. The van der Waals surface area contributed by atoms with Crippen molar-refractivity contribution in [2.75, 3.05) is 13.7 Å². The Bertz CT molecular complexity index is 921. The molecule has 6 nitrogen and oxygen atoms in total. The number of nitrogens with zero attached hydrogens (tertiary/aromatic N) is 1. The van der Waals surface area contributed by atoms with Gasteiger partial charge in [0, 0.05) is 10.7 Å². The first kappa shape index (κ1) is 20.7. The number of methoxy groups -OCH3 is 1. The zero-order chi connectivity index (χ0) is 20.8. The van der Waals surface area contributed by atoms with Crippen LogP contribution in [0.4, 0.5) is 0 Å². The van der Waals surface area contributed by atoms with E-state index in [0.29, 0.717) is 35.4 Å². The van der Waals surface area contributed by atoms with Crippen LogP contribution < -0.4 is 15.4 Å². The number of esters is 1. The lowest BCUT2D eigenvalue weighted by molar-refractivity contribution is -0.139. The first-order valence-corrected chi connectivity index (χ1v) is 9.74. The van der Waals surface area contributed by atoms with Gasteiger partial charge in [0.1, 0.15) is 5.75 Å². The number of carbonyl (C=O) groups is 1. The molecule has 2 aromatic carbocycles. The number of rotatable bonds is 6. The van der Waals surface area contributed by atoms with E-state index in [0.717, 1.165) is 16.9 Å². The van der Waals surface area contributed by atoms with Gasteiger partial charge >= 0.3 is 5.97 Å². The molecule has 152 valence electrons. The van der Waals surface area contributed by atoms with Gasteiger partial charge in [-0.2, -0.15) is 0 Å². The quantitative estimate of drug-likeness (QED) is 0.701. The molecule has 3 rings (SSSR count). The minimum Gasteiger partial charge on any atom is -0.497 e. The number of ether oxygens (including phenoxy) is 2. The molecular formula is C22H24ClN3O3. The molecule has 1 unspecified atom stereocenters. The SMILES string of the molecule is CCOC(=O)C1=C(C)NC(=NCc2ccc(OC)cc2)NC1c1ccc(Cl)cc1. The monoisotopic (exact) mass is 413 g/mol. The van der Waals surface area contributed by atoms with Gasteiger partial charge in [-0.25, -0.2) is 9.79 Å². The van der Waals surface area contributed by atoms with Gasteiger partial charge in [0.05, 0.1) is 31.9 Å². The van der Waals surface area contributed by atoms with Crippen molar-refractivity contribution < 1.29 is 14.3 Å². The van der Waals surface area contributed by atoms with E-state index in [1.54, 1.807) is 26.2 Å². The Morgan fingerprint density at radius 1 is 1.14 bits per heavy atom. The molecule has 1 aliphatic rings. The fraction of sp³-hybridized carbons (Fsp3) is 0.273. The zero-order valence-electron chi connectivity index (χ0n) is 16.7. The van der Waals surface area contributed by atoms with Crippen molar-refractivity contribution in [3.8, 4) is 5.75 Å². The number of hydrogen-bond donors (Lipinski definition) is 2. The lowest BCUT2D eigenvalue weighted by Crippen LogP contribution is -2.46. The number of halogens is 1. The highest BCUT2D eigenvalue weighted by molar-refractivity contribution is 6.30. The van der Waals surface area contributed by atoms with E-state index in [-0.39, 0.29) is 12.0 Å². The van der Waals surface area contributed by atoms with Crippen LogP contribution in [0.15, 0.2) is 64.8 Å². The molecule has 1 heterocycles. The van der Waals surface area contributed by atoms with E-state index in [9.17, 15) is 4.79 Å². The smallest absolute Gasteiger partial charge is 0.338 e. The number of nitrogens with one attached hydrogen (secondary N) is 2. The molecule has 0 amide bonds. The van der Waals surface area contributed by atoms with Crippen molar-refractivity contribution in [3.05, 3.63) is 76.0 Å². The summed E-state index contributed by atoms with van der Waals surface area (Å²) in [6, 6.07) is 14.7. The van der Waals surface area contributed by atoms with Crippen molar-refractivity contribution >= 4 is 23.5 Å². The van der Waals surface area contributed by atoms with Crippen LogP contribution in [0.1, 0.15) is 31.0 Å². The highest BCUT2D eigenvalue weighted by Gasteiger charge is 2.31. The molecule has 0 saturated heterocycles. The fourth-order valence-electron chi connectivity index (χ4n) is 3.08. The third-order valence-corrected chi connectivity index (χ3v) is 4.81. The van der Waals surface area contributed by atoms with E-state index in [4.69, 9.17) is 21.1 Å². The summed E-state index contributed by atoms with van der Waals surface area (Å²) in [5.74, 6) is 1.03. The third-order valence-electron chi connectivity index (χ3n) is 4.56. The Hall–Kier alpha value is -2.99. The summed E-state index contributed by atoms with van der Waals surface area (Å²) in [5, 5.41) is 7.12. The first-order valence-electron chi connectivity index (χ1n) is 9.36. The number of hydrogen-bond acceptors (Lipinski definition) is 4. The molecule has 0 radical (unpaired) electrons. The third kappa shape index (κ3) is 5.09. The van der Waals surface area contributed by atoms with E-state index >= 15 is 0 Å². The van der Waals surface area contributed by atoms with E-state index in [1.165, 1.54) is 0 Å². The Kier molecular flexibility index (Phi) is 6.77. The maximum atomic E-state index is 12.6. The Balaban J connectivity index is 1.87. The van der Waals surface area contributed by atoms with Crippen LogP contribution in [0.2, 0.25) is 5.02 Å². The van der Waals surface area contributed by atoms with Crippen LogP contribution in [0.5, 0.6) is 5.75 Å². The average molecular weight is 414 g/mol. The highest BCUT2D eigenvalue weighted by Crippen LogP contribution is 2.28. The van der Waals surface area contributed by atoms with Crippen LogP contribution in [0.3, 0.4) is 0 Å². The van der Waals surface area contributed by atoms with Gasteiger partial charge < -0.3 is 20.1 Å². The molecule has 29 heavy (non-hydrogen) atoms. The Labute approximate surface area is 175 Å². The topological polar surface area (TPSA) is 72.0 Å². The summed E-state index contributed by atoms with van der Waals surface area (Å²) in [6.45, 7) is 4.42. The van der Waals surface area contributed by atoms with Crippen molar-refractivity contribution in [1.82, 2.24) is 10.6 Å². The molecule has 0 saturated carbocycles. The highest BCUT2D eigenvalue weighted by atomic mass is 35.5. The first-order chi connectivity index (χ1) is 14.0. The fourth-order valence-corrected chi connectivity index (χ4v) is 3.20. The largest absolute Gasteiger partial charge is 0.497 e. The van der Waals surface area contributed by atoms with Gasteiger partial charge in [0.15, 0.2) is 5.96 Å². The molecule has 7 heteroatoms. The number of benzene rings is 2. The lowest BCUT2D eigenvalue weighted by Gasteiger charge is -2.30. The second-order valence-corrected chi connectivity index (χ2v) is 6.96. The number of aliphatic imine (C=N–C) groups is 1. The summed E-state index contributed by atoms with van der Waals surface area (Å²) >= 11 is 6.03. The van der Waals surface area contributed by atoms with Crippen molar-refractivity contribution in [1.29, 1.82) is 0 Å². The van der Waals surface area contributed by atoms with Crippen LogP contribution in [-0.4, -0.2) is 25.6 Å². The van der Waals surface area contributed by atoms with Crippen LogP contribution in [0, 0.1) is 0 Å². The van der Waals surface area contributed by atoms with E-state index in [2.05, 4.69) is 15.6 Å². The number of guanidine groups is 1. The minimum atomic E-state index is -0.387. The predicted molar refractivity (Wildman–Crippen MR) is 114 cm³/mol. The minimum absolute atomic E-state index is 0.307. The number of carbonyl (C=O) groups excluding carboxylic acids is 1. The summed E-state index contributed by atoms with van der Waals surface area (Å²) in [7, 11) is 1.64. The van der Waals surface area contributed by atoms with E-state index < -0.39 is 0 Å². The van der Waals surface area contributed by atoms with Gasteiger partial charge in [-0.05, 0) is 49.2 Å². The summed E-state index contributed by atoms with van der Waals surface area (Å²) in [4.78, 5) is 17.2. The van der Waals surface area contributed by atoms with Crippen LogP contribution >= 0.6 is 11.6 Å². The molecule has 0 bridgehead atoms. The normalized spacial score (nSPS) is 17.5. The van der Waals surface area contributed by atoms with Crippen LogP contribution in [-0.2, 0) is 16.1 Å². The Morgan fingerprint density at radius 2 is 1.83 bits per heavy atom. The lowest BCUT2D eigenvalue weighted by atomic mass is 9.95. The molecule has 0 fully saturated rings. The standard InChI is InChI=1S/C22H24ClN3O3/c1-4-29-21(27)19-14(2)25-22(24-13-15-5-11-18(28-3)12-6-15)26-20(19)16-7-9-17(23)10-8-16/h5-12,20H,4,13H2,1-3H3,(H2,24,25,26). The van der Waals surface area contributed by atoms with Gasteiger partial charge in [0.25, 0.3) is 0 Å². The molecule has 0 aromatic heterocycles. The van der Waals surface area contributed by atoms with E-state index in [1.807, 2.05) is 43.3 Å². The molecule has 2 N–H and O–H groups in total. The van der Waals surface area contributed by atoms with Gasteiger partial charge in [-0.1, -0.05) is 35.9 Å². The Morgan fingerprint density at radius 3 is 2.45 bits per heavy atom. The number of allylic oxidation sites excluding steroid dienone is 1. The summed E-state index contributed by atoms with van der Waals surface area (Å²) < 4.78 is 10.4. The average Bonchev–Trinajstić information content (AvgIpc) is 2.73. The predicted octanol–water partition coefficient (Wildman–Crippen LogP) is 3.98. The van der Waals surface area contributed by atoms with Crippen LogP contribution in [0.25, 0.3) is 0 Å². The molecule has 0 aliphatic carbocycles. The maximum Gasteiger partial charge on any atom is 0.338 e. The zero-order valence-corrected chi connectivity index (χ0v) is 17.4. The van der Waals surface area contributed by atoms with Gasteiger partial charge in [-0.15, -0.1) is 0 Å². The van der Waals surface area contributed by atoms with Gasteiger partial charge in [-0.3, -0.25) is 0 Å².